The zero-order valence-corrected chi connectivity index (χ0v) is 12.4. The number of hydrogen-bond donors (Lipinski definition) is 1. The van der Waals surface area contributed by atoms with Crippen molar-refractivity contribution in [2.45, 2.75) is 13.5 Å². The molecule has 98 valence electrons. The fourth-order valence-corrected chi connectivity index (χ4v) is 2.22. The van der Waals surface area contributed by atoms with E-state index < -0.39 is 5.91 Å². The molecule has 0 saturated heterocycles. The van der Waals surface area contributed by atoms with Gasteiger partial charge in [0.1, 0.15) is 0 Å². The maximum atomic E-state index is 11.9. The Labute approximate surface area is 123 Å². The van der Waals surface area contributed by atoms with Crippen molar-refractivity contribution in [2.24, 2.45) is 5.73 Å². The van der Waals surface area contributed by atoms with Gasteiger partial charge in [-0.05, 0) is 52.8 Å². The lowest BCUT2D eigenvalue weighted by Crippen LogP contribution is -2.23. The molecule has 0 radical (unpaired) electrons. The molecule has 1 aromatic heterocycles. The van der Waals surface area contributed by atoms with Gasteiger partial charge < -0.3 is 5.73 Å². The lowest BCUT2D eigenvalue weighted by Gasteiger charge is -2.09. The van der Waals surface area contributed by atoms with Crippen LogP contribution in [0.1, 0.15) is 21.5 Å². The molecule has 0 atom stereocenters. The third-order valence-corrected chi connectivity index (χ3v) is 3.57. The summed E-state index contributed by atoms with van der Waals surface area (Å²) < 4.78 is 2.11. The maximum absolute atomic E-state index is 11.9. The maximum Gasteiger partial charge on any atom is 0.267 e. The van der Waals surface area contributed by atoms with Crippen molar-refractivity contribution in [3.05, 3.63) is 61.3 Å². The molecule has 0 fully saturated rings. The lowest BCUT2D eigenvalue weighted by molar-refractivity contribution is 0.1000. The fraction of sp³-hybridized carbons (Fsp3) is 0.154. The highest BCUT2D eigenvalue weighted by Crippen LogP contribution is 2.12. The van der Waals surface area contributed by atoms with Crippen molar-refractivity contribution >= 4 is 28.5 Å². The summed E-state index contributed by atoms with van der Waals surface area (Å²) in [5.74, 6) is -0.456. The minimum Gasteiger partial charge on any atom is -0.366 e. The molecule has 0 saturated carbocycles. The van der Waals surface area contributed by atoms with Gasteiger partial charge in [-0.3, -0.25) is 14.2 Å². The van der Waals surface area contributed by atoms with E-state index in [1.807, 2.05) is 35.6 Å². The van der Waals surface area contributed by atoms with Crippen LogP contribution in [0.5, 0.6) is 0 Å². The van der Waals surface area contributed by atoms with Gasteiger partial charge in [0, 0.05) is 11.8 Å². The highest BCUT2D eigenvalue weighted by atomic mass is 127. The molecule has 19 heavy (non-hydrogen) atoms. The van der Waals surface area contributed by atoms with E-state index in [9.17, 15) is 9.59 Å². The number of benzene rings is 1. The number of halogens is 1. The molecule has 0 unspecified atom stereocenters. The molecule has 5 nitrogen and oxygen atoms in total. The van der Waals surface area contributed by atoms with Crippen molar-refractivity contribution in [3.63, 3.8) is 0 Å². The summed E-state index contributed by atoms with van der Waals surface area (Å²) in [6.45, 7) is 2.31. The van der Waals surface area contributed by atoms with E-state index in [0.717, 1.165) is 11.1 Å². The zero-order valence-electron chi connectivity index (χ0n) is 10.3. The highest BCUT2D eigenvalue weighted by Gasteiger charge is 2.07. The molecule has 1 amide bonds. The third kappa shape index (κ3) is 3.01. The number of hydrogen-bond acceptors (Lipinski definition) is 3. The number of nitrogens with two attached hydrogens (primary N) is 1. The number of amides is 1. The van der Waals surface area contributed by atoms with Gasteiger partial charge in [0.05, 0.1) is 16.4 Å². The number of carbonyl (C=O) groups excluding carboxylic acids is 1. The molecular formula is C13H12IN3O2. The molecule has 0 aliphatic heterocycles. The molecule has 0 spiro atoms. The second-order valence-corrected chi connectivity index (χ2v) is 5.34. The van der Waals surface area contributed by atoms with E-state index >= 15 is 0 Å². The first-order valence-electron chi connectivity index (χ1n) is 5.58. The summed E-state index contributed by atoms with van der Waals surface area (Å²) in [6.07, 6.45) is 3.04. The monoisotopic (exact) mass is 369 g/mol. The van der Waals surface area contributed by atoms with Gasteiger partial charge in [0.25, 0.3) is 5.56 Å². The predicted octanol–water partition coefficient (Wildman–Crippen LogP) is 1.30. The Hall–Kier alpha value is -1.70. The molecule has 1 heterocycles. The van der Waals surface area contributed by atoms with Crippen LogP contribution in [-0.4, -0.2) is 15.5 Å². The van der Waals surface area contributed by atoms with Crippen molar-refractivity contribution in [2.75, 3.05) is 0 Å². The Bertz CT molecular complexity index is 695. The Morgan fingerprint density at radius 3 is 2.84 bits per heavy atom. The molecule has 2 aromatic rings. The summed E-state index contributed by atoms with van der Waals surface area (Å²) in [5.41, 5.74) is 7.49. The number of carbonyl (C=O) groups is 1. The SMILES string of the molecule is Cc1cc(C(N)=O)ccc1Cn1cncc(I)c1=O. The van der Waals surface area contributed by atoms with Gasteiger partial charge in [-0.25, -0.2) is 4.98 Å². The highest BCUT2D eigenvalue weighted by molar-refractivity contribution is 14.1. The number of aryl methyl sites for hydroxylation is 1. The fourth-order valence-electron chi connectivity index (χ4n) is 1.75. The normalized spacial score (nSPS) is 10.4. The van der Waals surface area contributed by atoms with E-state index in [1.165, 1.54) is 17.1 Å². The van der Waals surface area contributed by atoms with Crippen LogP contribution in [0.15, 0.2) is 35.5 Å². The van der Waals surface area contributed by atoms with Crippen LogP contribution >= 0.6 is 22.6 Å². The molecule has 0 bridgehead atoms. The Kier molecular flexibility index (Phi) is 3.98. The topological polar surface area (TPSA) is 78.0 Å². The van der Waals surface area contributed by atoms with Crippen LogP contribution < -0.4 is 11.3 Å². The van der Waals surface area contributed by atoms with Crippen LogP contribution in [0.2, 0.25) is 0 Å². The Balaban J connectivity index is 2.36. The van der Waals surface area contributed by atoms with Gasteiger partial charge >= 0.3 is 0 Å². The first kappa shape index (κ1) is 13.7. The van der Waals surface area contributed by atoms with E-state index in [-0.39, 0.29) is 5.56 Å². The smallest absolute Gasteiger partial charge is 0.267 e. The van der Waals surface area contributed by atoms with Gasteiger partial charge in [0.2, 0.25) is 5.91 Å². The molecule has 0 aliphatic carbocycles. The molecule has 2 rings (SSSR count). The average Bonchev–Trinajstić information content (AvgIpc) is 2.37. The predicted molar refractivity (Wildman–Crippen MR) is 80.0 cm³/mol. The number of rotatable bonds is 3. The summed E-state index contributed by atoms with van der Waals surface area (Å²) in [4.78, 5) is 27.0. The zero-order chi connectivity index (χ0) is 14.0. The Morgan fingerprint density at radius 2 is 2.21 bits per heavy atom. The molecule has 6 heteroatoms. The summed E-state index contributed by atoms with van der Waals surface area (Å²) >= 11 is 1.96. The molecule has 1 aromatic carbocycles. The quantitative estimate of drug-likeness (QED) is 0.829. The minimum atomic E-state index is -0.456. The van der Waals surface area contributed by atoms with Crippen LogP contribution in [0, 0.1) is 10.5 Å². The second kappa shape index (κ2) is 5.52. The standard InChI is InChI=1S/C13H12IN3O2/c1-8-4-9(12(15)18)2-3-10(8)6-17-7-16-5-11(14)13(17)19/h2-5,7H,6H2,1H3,(H2,15,18). The lowest BCUT2D eigenvalue weighted by atomic mass is 10.0. The van der Waals surface area contributed by atoms with Crippen LogP contribution in [-0.2, 0) is 6.54 Å². The van der Waals surface area contributed by atoms with E-state index in [0.29, 0.717) is 15.7 Å². The number of nitrogens with zero attached hydrogens (tertiary/aromatic N) is 2. The van der Waals surface area contributed by atoms with E-state index in [4.69, 9.17) is 5.73 Å². The second-order valence-electron chi connectivity index (χ2n) is 4.18. The summed E-state index contributed by atoms with van der Waals surface area (Å²) in [5, 5.41) is 0. The number of aromatic nitrogens is 2. The van der Waals surface area contributed by atoms with Crippen molar-refractivity contribution in [3.8, 4) is 0 Å². The van der Waals surface area contributed by atoms with E-state index in [1.54, 1.807) is 12.1 Å². The van der Waals surface area contributed by atoms with Gasteiger partial charge in [0.15, 0.2) is 0 Å². The third-order valence-electron chi connectivity index (χ3n) is 2.83. The average molecular weight is 369 g/mol. The van der Waals surface area contributed by atoms with Crippen LogP contribution in [0.25, 0.3) is 0 Å². The summed E-state index contributed by atoms with van der Waals surface area (Å²) in [7, 11) is 0. The van der Waals surface area contributed by atoms with Crippen molar-refractivity contribution in [1.29, 1.82) is 0 Å². The van der Waals surface area contributed by atoms with Crippen LogP contribution in [0.4, 0.5) is 0 Å². The summed E-state index contributed by atoms with van der Waals surface area (Å²) in [6, 6.07) is 5.20. The van der Waals surface area contributed by atoms with Crippen LogP contribution in [0.3, 0.4) is 0 Å². The van der Waals surface area contributed by atoms with Gasteiger partial charge in [-0.15, -0.1) is 0 Å². The van der Waals surface area contributed by atoms with Gasteiger partial charge in [-0.2, -0.15) is 0 Å². The Morgan fingerprint density at radius 1 is 1.47 bits per heavy atom. The van der Waals surface area contributed by atoms with Crippen molar-refractivity contribution in [1.82, 2.24) is 9.55 Å². The molecular weight excluding hydrogens is 357 g/mol. The first-order valence-corrected chi connectivity index (χ1v) is 6.66. The molecule has 0 aliphatic rings. The largest absolute Gasteiger partial charge is 0.366 e. The first-order chi connectivity index (χ1) is 8.99. The minimum absolute atomic E-state index is 0.0750. The van der Waals surface area contributed by atoms with E-state index in [2.05, 4.69) is 4.98 Å². The number of primary amides is 1. The van der Waals surface area contributed by atoms with Crippen molar-refractivity contribution < 1.29 is 4.79 Å². The molecule has 2 N–H and O–H groups in total. The van der Waals surface area contributed by atoms with Gasteiger partial charge in [-0.1, -0.05) is 6.07 Å².